The lowest BCUT2D eigenvalue weighted by atomic mass is 10.2. The van der Waals surface area contributed by atoms with Crippen LogP contribution in [0.25, 0.3) is 0 Å². The largest absolute Gasteiger partial charge is 0.495 e. The lowest BCUT2D eigenvalue weighted by molar-refractivity contribution is 0.411. The summed E-state index contributed by atoms with van der Waals surface area (Å²) < 4.78 is 27.2. The molecule has 0 amide bonds. The minimum atomic E-state index is -3.07. The van der Waals surface area contributed by atoms with E-state index in [1.165, 1.54) is 13.4 Å². The van der Waals surface area contributed by atoms with Gasteiger partial charge in [-0.2, -0.15) is 0 Å². The summed E-state index contributed by atoms with van der Waals surface area (Å²) in [4.78, 5) is 0. The van der Waals surface area contributed by atoms with Crippen molar-refractivity contribution in [2.75, 3.05) is 13.4 Å². The maximum absolute atomic E-state index is 11.1. The Labute approximate surface area is 88.6 Å². The Kier molecular flexibility index (Phi) is 3.39. The molecule has 1 rings (SSSR count). The van der Waals surface area contributed by atoms with E-state index in [1.54, 1.807) is 18.2 Å². The van der Waals surface area contributed by atoms with Gasteiger partial charge in [0.2, 0.25) is 0 Å². The molecule has 0 saturated heterocycles. The fourth-order valence-corrected chi connectivity index (χ4v) is 2.24. The molecular formula is C9H11ClO3S. The fourth-order valence-electron chi connectivity index (χ4n) is 1.18. The van der Waals surface area contributed by atoms with Gasteiger partial charge in [-0.25, -0.2) is 8.42 Å². The summed E-state index contributed by atoms with van der Waals surface area (Å²) in [5.74, 6) is 0.371. The van der Waals surface area contributed by atoms with Crippen LogP contribution >= 0.6 is 11.6 Å². The molecule has 0 N–H and O–H groups in total. The molecular weight excluding hydrogens is 224 g/mol. The summed E-state index contributed by atoms with van der Waals surface area (Å²) in [5.41, 5.74) is 0.586. The van der Waals surface area contributed by atoms with Gasteiger partial charge in [0, 0.05) is 11.8 Å². The molecule has 0 aliphatic rings. The smallest absolute Gasteiger partial charge is 0.151 e. The van der Waals surface area contributed by atoms with E-state index in [0.29, 0.717) is 16.3 Å². The third kappa shape index (κ3) is 2.89. The van der Waals surface area contributed by atoms with Crippen LogP contribution in [0.5, 0.6) is 5.75 Å². The zero-order chi connectivity index (χ0) is 10.8. The van der Waals surface area contributed by atoms with Crippen LogP contribution in [0, 0.1) is 0 Å². The van der Waals surface area contributed by atoms with E-state index in [4.69, 9.17) is 16.3 Å². The normalized spacial score (nSPS) is 11.4. The van der Waals surface area contributed by atoms with Crippen LogP contribution in [0.4, 0.5) is 0 Å². The van der Waals surface area contributed by atoms with Crippen LogP contribution in [-0.4, -0.2) is 21.8 Å². The maximum atomic E-state index is 11.1. The molecule has 0 aliphatic carbocycles. The maximum Gasteiger partial charge on any atom is 0.151 e. The molecule has 1 aromatic rings. The van der Waals surface area contributed by atoms with E-state index in [0.717, 1.165) is 0 Å². The number of hydrogen-bond acceptors (Lipinski definition) is 3. The number of benzene rings is 1. The Bertz CT molecular complexity index is 426. The quantitative estimate of drug-likeness (QED) is 0.802. The topological polar surface area (TPSA) is 43.4 Å². The predicted octanol–water partition coefficient (Wildman–Crippen LogP) is 1.89. The number of halogens is 1. The zero-order valence-corrected chi connectivity index (χ0v) is 9.52. The van der Waals surface area contributed by atoms with Crippen molar-refractivity contribution in [1.82, 2.24) is 0 Å². The Hall–Kier alpha value is -0.740. The monoisotopic (exact) mass is 234 g/mol. The summed E-state index contributed by atoms with van der Waals surface area (Å²) in [5, 5.41) is 0.425. The highest BCUT2D eigenvalue weighted by atomic mass is 35.5. The molecule has 0 aliphatic heterocycles. The van der Waals surface area contributed by atoms with E-state index in [2.05, 4.69) is 0 Å². The predicted molar refractivity (Wildman–Crippen MR) is 56.6 cm³/mol. The third-order valence-corrected chi connectivity index (χ3v) is 2.80. The van der Waals surface area contributed by atoms with Crippen molar-refractivity contribution in [3.63, 3.8) is 0 Å². The first-order valence-electron chi connectivity index (χ1n) is 3.93. The Morgan fingerprint density at radius 3 is 2.57 bits per heavy atom. The highest BCUT2D eigenvalue weighted by Gasteiger charge is 2.12. The average Bonchev–Trinajstić information content (AvgIpc) is 2.01. The first kappa shape index (κ1) is 11.3. The van der Waals surface area contributed by atoms with Crippen LogP contribution < -0.4 is 4.74 Å². The number of hydrogen-bond donors (Lipinski definition) is 0. The number of rotatable bonds is 3. The van der Waals surface area contributed by atoms with Crippen LogP contribution in [-0.2, 0) is 15.6 Å². The lowest BCUT2D eigenvalue weighted by Crippen LogP contribution is -2.02. The van der Waals surface area contributed by atoms with Crippen LogP contribution in [0.2, 0.25) is 5.02 Å². The molecule has 5 heteroatoms. The van der Waals surface area contributed by atoms with Crippen LogP contribution in [0.1, 0.15) is 5.56 Å². The van der Waals surface area contributed by atoms with Gasteiger partial charge in [0.05, 0.1) is 17.9 Å². The van der Waals surface area contributed by atoms with Crippen molar-refractivity contribution in [2.24, 2.45) is 0 Å². The van der Waals surface area contributed by atoms with Gasteiger partial charge >= 0.3 is 0 Å². The summed E-state index contributed by atoms with van der Waals surface area (Å²) in [6.07, 6.45) is 1.17. The molecule has 3 nitrogen and oxygen atoms in total. The minimum absolute atomic E-state index is 0.0588. The molecule has 0 heterocycles. The van der Waals surface area contributed by atoms with Gasteiger partial charge in [-0.3, -0.25) is 0 Å². The second-order valence-electron chi connectivity index (χ2n) is 3.00. The van der Waals surface area contributed by atoms with Crippen LogP contribution in [0.15, 0.2) is 18.2 Å². The molecule has 0 fully saturated rings. The van der Waals surface area contributed by atoms with Crippen molar-refractivity contribution in [3.8, 4) is 5.75 Å². The lowest BCUT2D eigenvalue weighted by Gasteiger charge is -2.08. The van der Waals surface area contributed by atoms with Crippen molar-refractivity contribution < 1.29 is 13.2 Å². The Morgan fingerprint density at radius 2 is 2.07 bits per heavy atom. The van der Waals surface area contributed by atoms with Crippen LogP contribution in [0.3, 0.4) is 0 Å². The molecule has 0 aromatic heterocycles. The van der Waals surface area contributed by atoms with E-state index in [-0.39, 0.29) is 5.75 Å². The first-order chi connectivity index (χ1) is 6.44. The summed E-state index contributed by atoms with van der Waals surface area (Å²) in [7, 11) is -1.60. The highest BCUT2D eigenvalue weighted by molar-refractivity contribution is 7.89. The second kappa shape index (κ2) is 4.19. The van der Waals surface area contributed by atoms with Gasteiger partial charge in [-0.15, -0.1) is 0 Å². The highest BCUT2D eigenvalue weighted by Crippen LogP contribution is 2.29. The molecule has 0 radical (unpaired) electrons. The summed E-state index contributed by atoms with van der Waals surface area (Å²) >= 11 is 5.84. The molecule has 0 saturated carbocycles. The first-order valence-corrected chi connectivity index (χ1v) is 6.37. The van der Waals surface area contributed by atoms with Crippen molar-refractivity contribution in [3.05, 3.63) is 28.8 Å². The number of para-hydroxylation sites is 1. The van der Waals surface area contributed by atoms with Crippen molar-refractivity contribution in [1.29, 1.82) is 0 Å². The number of ether oxygens (including phenoxy) is 1. The van der Waals surface area contributed by atoms with E-state index < -0.39 is 9.84 Å². The second-order valence-corrected chi connectivity index (χ2v) is 5.55. The SMILES string of the molecule is COc1c(Cl)cccc1CS(C)(=O)=O. The van der Waals surface area contributed by atoms with Gasteiger partial charge in [0.15, 0.2) is 9.84 Å². The number of methoxy groups -OCH3 is 1. The van der Waals surface area contributed by atoms with Gasteiger partial charge in [-0.05, 0) is 6.07 Å². The molecule has 1 aromatic carbocycles. The Morgan fingerprint density at radius 1 is 1.43 bits per heavy atom. The molecule has 14 heavy (non-hydrogen) atoms. The standard InChI is InChI=1S/C9H11ClO3S/c1-13-9-7(6-14(2,11)12)4-3-5-8(9)10/h3-5H,6H2,1-2H3. The van der Waals surface area contributed by atoms with Crippen molar-refractivity contribution >= 4 is 21.4 Å². The average molecular weight is 235 g/mol. The van der Waals surface area contributed by atoms with Gasteiger partial charge in [0.1, 0.15) is 5.75 Å². The third-order valence-electron chi connectivity index (χ3n) is 1.67. The molecule has 0 unspecified atom stereocenters. The van der Waals surface area contributed by atoms with Gasteiger partial charge in [0.25, 0.3) is 0 Å². The fraction of sp³-hybridized carbons (Fsp3) is 0.333. The number of sulfone groups is 1. The van der Waals surface area contributed by atoms with Crippen molar-refractivity contribution in [2.45, 2.75) is 5.75 Å². The molecule has 0 atom stereocenters. The zero-order valence-electron chi connectivity index (χ0n) is 7.95. The molecule has 78 valence electrons. The molecule has 0 bridgehead atoms. The summed E-state index contributed by atoms with van der Waals surface area (Å²) in [6.45, 7) is 0. The van der Waals surface area contributed by atoms with Gasteiger partial charge < -0.3 is 4.74 Å². The van der Waals surface area contributed by atoms with Gasteiger partial charge in [-0.1, -0.05) is 23.7 Å². The Balaban J connectivity index is 3.15. The van der Waals surface area contributed by atoms with E-state index in [1.807, 2.05) is 0 Å². The van der Waals surface area contributed by atoms with E-state index in [9.17, 15) is 8.42 Å². The minimum Gasteiger partial charge on any atom is -0.495 e. The summed E-state index contributed by atoms with van der Waals surface area (Å²) in [6, 6.07) is 5.04. The molecule has 0 spiro atoms. The van der Waals surface area contributed by atoms with E-state index >= 15 is 0 Å².